The van der Waals surface area contributed by atoms with Gasteiger partial charge in [0, 0.05) is 18.8 Å². The molecule has 1 amide bonds. The van der Waals surface area contributed by atoms with Crippen LogP contribution in [0.5, 0.6) is 0 Å². The van der Waals surface area contributed by atoms with Crippen molar-refractivity contribution < 1.29 is 19.4 Å². The third kappa shape index (κ3) is 6.92. The lowest BCUT2D eigenvalue weighted by Crippen LogP contribution is -2.50. The summed E-state index contributed by atoms with van der Waals surface area (Å²) in [5, 5.41) is 15.6. The Morgan fingerprint density at radius 1 is 1.23 bits per heavy atom. The smallest absolute Gasteiger partial charge is 0.326 e. The summed E-state index contributed by atoms with van der Waals surface area (Å²) in [6.45, 7) is 3.90. The molecule has 1 unspecified atom stereocenters. The van der Waals surface area contributed by atoms with E-state index in [1.54, 1.807) is 0 Å². The van der Waals surface area contributed by atoms with Gasteiger partial charge in [-0.2, -0.15) is 0 Å². The van der Waals surface area contributed by atoms with E-state index in [1.807, 2.05) is 6.92 Å². The fraction of sp³-hybridized carbons (Fsp3) is 0.708. The van der Waals surface area contributed by atoms with Gasteiger partial charge in [0.15, 0.2) is 0 Å². The molecule has 2 aliphatic heterocycles. The summed E-state index contributed by atoms with van der Waals surface area (Å²) in [6.07, 6.45) is 10.3. The molecule has 0 saturated carbocycles. The third-order valence-electron chi connectivity index (χ3n) is 6.47. The molecule has 3 rings (SSSR count). The van der Waals surface area contributed by atoms with Gasteiger partial charge >= 0.3 is 5.97 Å². The van der Waals surface area contributed by atoms with Crippen molar-refractivity contribution >= 4 is 17.7 Å². The zero-order chi connectivity index (χ0) is 22.1. The third-order valence-corrected chi connectivity index (χ3v) is 6.47. The number of aromatic nitrogens is 1. The number of unbranched alkanes of at least 4 members (excludes halogenated alkanes) is 4. The van der Waals surface area contributed by atoms with Crippen LogP contribution in [0.25, 0.3) is 0 Å². The molecule has 7 nitrogen and oxygen atoms in total. The standard InChI is InChI=1S/C24H37N3O4/c1-24(14-8-16-31-17-24)23(30)27-20(22(28)29)11-6-4-2-3-5-10-19-13-12-18-9-7-15-25-21(18)26-19/h12-13,20H,2-11,14-17H2,1H3,(H,25,26)(H,27,30)(H,28,29)/t20-,24?/m0/s1. The predicted molar refractivity (Wildman–Crippen MR) is 120 cm³/mol. The number of ether oxygens (including phenoxy) is 1. The van der Waals surface area contributed by atoms with E-state index in [0.717, 1.165) is 75.8 Å². The minimum atomic E-state index is -0.958. The Hall–Kier alpha value is -2.15. The molecule has 3 N–H and O–H groups in total. The van der Waals surface area contributed by atoms with E-state index in [0.29, 0.717) is 19.6 Å². The Morgan fingerprint density at radius 2 is 2.03 bits per heavy atom. The van der Waals surface area contributed by atoms with Crippen LogP contribution < -0.4 is 10.6 Å². The second-order valence-electron chi connectivity index (χ2n) is 9.23. The summed E-state index contributed by atoms with van der Waals surface area (Å²) in [5.74, 6) is -0.105. The van der Waals surface area contributed by atoms with Gasteiger partial charge in [-0.3, -0.25) is 4.79 Å². The van der Waals surface area contributed by atoms with Gasteiger partial charge in [0.2, 0.25) is 5.91 Å². The molecule has 172 valence electrons. The number of carboxylic acid groups (broad SMARTS) is 1. The molecular formula is C24H37N3O4. The van der Waals surface area contributed by atoms with E-state index in [4.69, 9.17) is 9.72 Å². The number of hydrogen-bond acceptors (Lipinski definition) is 5. The molecule has 7 heteroatoms. The molecule has 0 bridgehead atoms. The van der Waals surface area contributed by atoms with E-state index >= 15 is 0 Å². The SMILES string of the molecule is CC1(C(=O)N[C@@H](CCCCCCCc2ccc3c(n2)NCCC3)C(=O)O)CCCOC1. The molecule has 1 aromatic heterocycles. The van der Waals surface area contributed by atoms with Crippen molar-refractivity contribution in [2.75, 3.05) is 25.1 Å². The number of rotatable bonds is 11. The Labute approximate surface area is 185 Å². The highest BCUT2D eigenvalue weighted by atomic mass is 16.5. The fourth-order valence-electron chi connectivity index (χ4n) is 4.40. The quantitative estimate of drug-likeness (QED) is 0.462. The number of pyridine rings is 1. The van der Waals surface area contributed by atoms with Gasteiger partial charge in [0.05, 0.1) is 12.0 Å². The second kappa shape index (κ2) is 11.5. The van der Waals surface area contributed by atoms with Crippen LogP contribution in [-0.4, -0.2) is 47.8 Å². The van der Waals surface area contributed by atoms with E-state index in [1.165, 1.54) is 12.0 Å². The molecule has 0 aliphatic carbocycles. The van der Waals surface area contributed by atoms with Crippen LogP contribution in [-0.2, 0) is 27.2 Å². The minimum Gasteiger partial charge on any atom is -0.480 e. The number of aryl methyl sites for hydroxylation is 2. The van der Waals surface area contributed by atoms with Crippen molar-refractivity contribution in [3.05, 3.63) is 23.4 Å². The van der Waals surface area contributed by atoms with Crippen LogP contribution in [0.3, 0.4) is 0 Å². The maximum atomic E-state index is 12.6. The summed E-state index contributed by atoms with van der Waals surface area (Å²) in [5.41, 5.74) is 1.84. The molecule has 0 aromatic carbocycles. The van der Waals surface area contributed by atoms with Crippen molar-refractivity contribution in [2.24, 2.45) is 5.41 Å². The summed E-state index contributed by atoms with van der Waals surface area (Å²) in [6, 6.07) is 3.52. The van der Waals surface area contributed by atoms with Crippen molar-refractivity contribution in [1.82, 2.24) is 10.3 Å². The highest BCUT2D eigenvalue weighted by Crippen LogP contribution is 2.28. The highest BCUT2D eigenvalue weighted by molar-refractivity contribution is 5.87. The van der Waals surface area contributed by atoms with Crippen LogP contribution in [0.15, 0.2) is 12.1 Å². The van der Waals surface area contributed by atoms with Gasteiger partial charge in [-0.05, 0) is 63.5 Å². The lowest BCUT2D eigenvalue weighted by atomic mass is 9.83. The van der Waals surface area contributed by atoms with E-state index < -0.39 is 17.4 Å². The van der Waals surface area contributed by atoms with Gasteiger partial charge in [-0.15, -0.1) is 0 Å². The van der Waals surface area contributed by atoms with Gasteiger partial charge in [0.1, 0.15) is 11.9 Å². The second-order valence-corrected chi connectivity index (χ2v) is 9.23. The lowest BCUT2D eigenvalue weighted by molar-refractivity contribution is -0.146. The monoisotopic (exact) mass is 431 g/mol. The lowest BCUT2D eigenvalue weighted by Gasteiger charge is -2.33. The summed E-state index contributed by atoms with van der Waals surface area (Å²) in [4.78, 5) is 28.9. The topological polar surface area (TPSA) is 101 Å². The van der Waals surface area contributed by atoms with Gasteiger partial charge in [-0.1, -0.05) is 31.7 Å². The molecule has 1 saturated heterocycles. The van der Waals surface area contributed by atoms with Gasteiger partial charge < -0.3 is 20.5 Å². The van der Waals surface area contributed by atoms with Crippen LogP contribution in [0.4, 0.5) is 5.82 Å². The normalized spacial score (nSPS) is 21.6. The molecule has 1 aromatic rings. The number of nitrogens with zero attached hydrogens (tertiary/aromatic N) is 1. The zero-order valence-electron chi connectivity index (χ0n) is 18.8. The number of nitrogens with one attached hydrogen (secondary N) is 2. The number of carbonyl (C=O) groups is 2. The van der Waals surface area contributed by atoms with Gasteiger partial charge in [-0.25, -0.2) is 9.78 Å². The number of anilines is 1. The summed E-state index contributed by atoms with van der Waals surface area (Å²) in [7, 11) is 0. The van der Waals surface area contributed by atoms with Crippen molar-refractivity contribution in [3.63, 3.8) is 0 Å². The molecule has 2 aliphatic rings. The fourth-order valence-corrected chi connectivity index (χ4v) is 4.40. The maximum absolute atomic E-state index is 12.6. The minimum absolute atomic E-state index is 0.202. The van der Waals surface area contributed by atoms with Crippen LogP contribution >= 0.6 is 0 Å². The summed E-state index contributed by atoms with van der Waals surface area (Å²) >= 11 is 0. The number of aliphatic carboxylic acids is 1. The molecule has 0 radical (unpaired) electrons. The first-order valence-corrected chi connectivity index (χ1v) is 11.8. The van der Waals surface area contributed by atoms with Crippen LogP contribution in [0, 0.1) is 5.41 Å². The molecule has 2 atom stereocenters. The molecular weight excluding hydrogens is 394 g/mol. The van der Waals surface area contributed by atoms with Gasteiger partial charge in [0.25, 0.3) is 0 Å². The largest absolute Gasteiger partial charge is 0.480 e. The number of carboxylic acids is 1. The predicted octanol–water partition coefficient (Wildman–Crippen LogP) is 3.71. The Bertz CT molecular complexity index is 746. The first-order chi connectivity index (χ1) is 15.0. The van der Waals surface area contributed by atoms with Crippen LogP contribution in [0.2, 0.25) is 0 Å². The summed E-state index contributed by atoms with van der Waals surface area (Å²) < 4.78 is 5.43. The number of fused-ring (bicyclic) bond motifs is 1. The van der Waals surface area contributed by atoms with E-state index in [-0.39, 0.29) is 5.91 Å². The first-order valence-electron chi connectivity index (χ1n) is 11.8. The zero-order valence-corrected chi connectivity index (χ0v) is 18.8. The first kappa shape index (κ1) is 23.5. The molecule has 3 heterocycles. The highest BCUT2D eigenvalue weighted by Gasteiger charge is 2.37. The van der Waals surface area contributed by atoms with Crippen molar-refractivity contribution in [2.45, 2.75) is 83.6 Å². The molecule has 1 fully saturated rings. The van der Waals surface area contributed by atoms with Crippen molar-refractivity contribution in [3.8, 4) is 0 Å². The number of amides is 1. The van der Waals surface area contributed by atoms with E-state index in [9.17, 15) is 14.7 Å². The maximum Gasteiger partial charge on any atom is 0.326 e. The average Bonchev–Trinajstić information content (AvgIpc) is 2.77. The molecule has 0 spiro atoms. The molecule has 31 heavy (non-hydrogen) atoms. The Balaban J connectivity index is 1.31. The average molecular weight is 432 g/mol. The Morgan fingerprint density at radius 3 is 2.81 bits per heavy atom. The number of carbonyl (C=O) groups excluding carboxylic acids is 1. The van der Waals surface area contributed by atoms with E-state index in [2.05, 4.69) is 22.8 Å². The van der Waals surface area contributed by atoms with Crippen LogP contribution in [0.1, 0.15) is 76.0 Å². The Kier molecular flexibility index (Phi) is 8.69. The number of hydrogen-bond donors (Lipinski definition) is 3. The van der Waals surface area contributed by atoms with Crippen molar-refractivity contribution in [1.29, 1.82) is 0 Å².